The van der Waals surface area contributed by atoms with Crippen molar-refractivity contribution in [2.24, 2.45) is 0 Å². The summed E-state index contributed by atoms with van der Waals surface area (Å²) in [5, 5.41) is 9.91. The van der Waals surface area contributed by atoms with Crippen LogP contribution >= 0.6 is 0 Å². The molecule has 1 N–H and O–H groups in total. The summed E-state index contributed by atoms with van der Waals surface area (Å²) >= 11 is 0. The average molecular weight is 401 g/mol. The van der Waals surface area contributed by atoms with Crippen LogP contribution in [0, 0.1) is 5.82 Å². The van der Waals surface area contributed by atoms with Gasteiger partial charge in [-0.2, -0.15) is 0 Å². The fraction of sp³-hybridized carbons (Fsp3) is 0.192. The first-order chi connectivity index (χ1) is 14.5. The minimum atomic E-state index is -0.244. The maximum atomic E-state index is 13.5. The van der Waals surface area contributed by atoms with Gasteiger partial charge < -0.3 is 10.0 Å². The lowest BCUT2D eigenvalue weighted by Gasteiger charge is -2.39. The molecule has 4 rings (SSSR count). The second-order valence-electron chi connectivity index (χ2n) is 7.71. The Balaban J connectivity index is 1.65. The molecule has 3 aromatic carbocycles. The molecule has 0 fully saturated rings. The predicted octanol–water partition coefficient (Wildman–Crippen LogP) is 5.48. The summed E-state index contributed by atoms with van der Waals surface area (Å²) < 4.78 is 13.5. The van der Waals surface area contributed by atoms with Crippen molar-refractivity contribution >= 4 is 17.5 Å². The molecular formula is C26H24FNO2. The Morgan fingerprint density at radius 1 is 1.10 bits per heavy atom. The lowest BCUT2D eigenvalue weighted by Crippen LogP contribution is -2.36. The molecule has 0 aromatic heterocycles. The van der Waals surface area contributed by atoms with Gasteiger partial charge in [0.05, 0.1) is 6.04 Å². The molecule has 30 heavy (non-hydrogen) atoms. The van der Waals surface area contributed by atoms with Crippen LogP contribution in [0.1, 0.15) is 35.2 Å². The molecule has 152 valence electrons. The average Bonchev–Trinajstić information content (AvgIpc) is 2.74. The van der Waals surface area contributed by atoms with E-state index in [0.29, 0.717) is 0 Å². The quantitative estimate of drug-likeness (QED) is 0.576. The normalized spacial score (nSPS) is 15.9. The van der Waals surface area contributed by atoms with E-state index in [0.717, 1.165) is 36.2 Å². The summed E-state index contributed by atoms with van der Waals surface area (Å²) in [5.74, 6) is 0.0623. The zero-order chi connectivity index (χ0) is 21.1. The molecule has 0 bridgehead atoms. The molecule has 1 atom stereocenters. The van der Waals surface area contributed by atoms with E-state index in [1.54, 1.807) is 12.1 Å². The number of aromatic hydroxyl groups is 1. The minimum absolute atomic E-state index is 0.0241. The van der Waals surface area contributed by atoms with Gasteiger partial charge in [-0.3, -0.25) is 4.79 Å². The third-order valence-electron chi connectivity index (χ3n) is 5.56. The van der Waals surface area contributed by atoms with E-state index >= 15 is 0 Å². The SMILES string of the molecule is CC(=O)/C=C/c1ccc(CC2c3ccc(O)cc3CCN2c2ccc(F)cc2)cc1. The van der Waals surface area contributed by atoms with Gasteiger partial charge in [-0.1, -0.05) is 36.4 Å². The number of nitrogens with zero attached hydrogens (tertiary/aromatic N) is 1. The van der Waals surface area contributed by atoms with Crippen LogP contribution in [0.5, 0.6) is 5.75 Å². The molecular weight excluding hydrogens is 377 g/mol. The topological polar surface area (TPSA) is 40.5 Å². The fourth-order valence-electron chi connectivity index (χ4n) is 4.06. The summed E-state index contributed by atoms with van der Waals surface area (Å²) in [6.45, 7) is 2.33. The van der Waals surface area contributed by atoms with Gasteiger partial charge in [0, 0.05) is 12.2 Å². The molecule has 1 unspecified atom stereocenters. The molecule has 0 radical (unpaired) electrons. The van der Waals surface area contributed by atoms with Crippen LogP contribution in [0.25, 0.3) is 6.08 Å². The monoisotopic (exact) mass is 401 g/mol. The summed E-state index contributed by atoms with van der Waals surface area (Å²) in [7, 11) is 0. The smallest absolute Gasteiger partial charge is 0.152 e. The Bertz CT molecular complexity index is 1070. The van der Waals surface area contributed by atoms with E-state index < -0.39 is 0 Å². The number of hydrogen-bond acceptors (Lipinski definition) is 3. The van der Waals surface area contributed by atoms with Gasteiger partial charge in [0.25, 0.3) is 0 Å². The molecule has 1 aliphatic rings. The highest BCUT2D eigenvalue weighted by Crippen LogP contribution is 2.37. The first-order valence-corrected chi connectivity index (χ1v) is 10.1. The lowest BCUT2D eigenvalue weighted by molar-refractivity contribution is -0.112. The van der Waals surface area contributed by atoms with Crippen molar-refractivity contribution in [1.29, 1.82) is 0 Å². The molecule has 3 aromatic rings. The van der Waals surface area contributed by atoms with Crippen molar-refractivity contribution in [3.8, 4) is 5.75 Å². The number of allylic oxidation sites excluding steroid dienone is 1. The van der Waals surface area contributed by atoms with Crippen molar-refractivity contribution < 1.29 is 14.3 Å². The third kappa shape index (κ3) is 4.43. The zero-order valence-corrected chi connectivity index (χ0v) is 16.9. The Labute approximate surface area is 176 Å². The summed E-state index contributed by atoms with van der Waals surface area (Å²) in [4.78, 5) is 13.5. The molecule has 0 amide bonds. The van der Waals surface area contributed by atoms with Crippen molar-refractivity contribution in [1.82, 2.24) is 0 Å². The van der Waals surface area contributed by atoms with Gasteiger partial charge in [0.15, 0.2) is 5.78 Å². The number of phenols is 1. The molecule has 1 heterocycles. The number of carbonyl (C=O) groups excluding carboxylic acids is 1. The van der Waals surface area contributed by atoms with Gasteiger partial charge >= 0.3 is 0 Å². The minimum Gasteiger partial charge on any atom is -0.508 e. The van der Waals surface area contributed by atoms with Crippen LogP contribution < -0.4 is 4.90 Å². The van der Waals surface area contributed by atoms with E-state index in [4.69, 9.17) is 0 Å². The van der Waals surface area contributed by atoms with Crippen LogP contribution in [-0.2, 0) is 17.6 Å². The lowest BCUT2D eigenvalue weighted by atomic mass is 9.88. The van der Waals surface area contributed by atoms with Crippen LogP contribution in [0.2, 0.25) is 0 Å². The predicted molar refractivity (Wildman–Crippen MR) is 118 cm³/mol. The first-order valence-electron chi connectivity index (χ1n) is 10.1. The highest BCUT2D eigenvalue weighted by molar-refractivity contribution is 5.91. The van der Waals surface area contributed by atoms with Crippen molar-refractivity contribution in [3.05, 3.63) is 101 Å². The van der Waals surface area contributed by atoms with Crippen LogP contribution in [0.3, 0.4) is 0 Å². The van der Waals surface area contributed by atoms with E-state index in [9.17, 15) is 14.3 Å². The Morgan fingerprint density at radius 2 is 1.83 bits per heavy atom. The summed E-state index contributed by atoms with van der Waals surface area (Å²) in [6.07, 6.45) is 4.99. The molecule has 0 aliphatic carbocycles. The maximum Gasteiger partial charge on any atom is 0.152 e. The van der Waals surface area contributed by atoms with E-state index in [2.05, 4.69) is 17.0 Å². The highest BCUT2D eigenvalue weighted by atomic mass is 19.1. The largest absolute Gasteiger partial charge is 0.508 e. The zero-order valence-electron chi connectivity index (χ0n) is 16.9. The fourth-order valence-corrected chi connectivity index (χ4v) is 4.06. The molecule has 0 saturated heterocycles. The standard InChI is InChI=1S/C26H24FNO2/c1-18(29)2-3-19-4-6-20(7-5-19)16-26-25-13-12-24(30)17-21(25)14-15-28(26)23-10-8-22(27)9-11-23/h2-13,17,26,30H,14-16H2,1H3/b3-2+. The van der Waals surface area contributed by atoms with Gasteiger partial charge in [-0.25, -0.2) is 4.39 Å². The van der Waals surface area contributed by atoms with Crippen LogP contribution in [0.4, 0.5) is 10.1 Å². The Kier molecular flexibility index (Phi) is 5.66. The third-order valence-corrected chi connectivity index (χ3v) is 5.56. The molecule has 0 saturated carbocycles. The van der Waals surface area contributed by atoms with Crippen molar-refractivity contribution in [3.63, 3.8) is 0 Å². The summed E-state index contributed by atoms with van der Waals surface area (Å²) in [6, 6.07) is 20.5. The van der Waals surface area contributed by atoms with Crippen molar-refractivity contribution in [2.75, 3.05) is 11.4 Å². The number of phenolic OH excluding ortho intramolecular Hbond substituents is 1. The van der Waals surface area contributed by atoms with Gasteiger partial charge in [0.1, 0.15) is 11.6 Å². The van der Waals surface area contributed by atoms with E-state index in [1.807, 2.05) is 42.5 Å². The number of rotatable bonds is 5. The highest BCUT2D eigenvalue weighted by Gasteiger charge is 2.28. The number of hydrogen-bond donors (Lipinski definition) is 1. The number of fused-ring (bicyclic) bond motifs is 1. The second-order valence-corrected chi connectivity index (χ2v) is 7.71. The van der Waals surface area contributed by atoms with Crippen LogP contribution in [0.15, 0.2) is 72.8 Å². The van der Waals surface area contributed by atoms with E-state index in [-0.39, 0.29) is 23.4 Å². The van der Waals surface area contributed by atoms with Crippen molar-refractivity contribution in [2.45, 2.75) is 25.8 Å². The number of carbonyl (C=O) groups is 1. The maximum absolute atomic E-state index is 13.5. The van der Waals surface area contributed by atoms with Crippen LogP contribution in [-0.4, -0.2) is 17.4 Å². The first kappa shape index (κ1) is 19.9. The van der Waals surface area contributed by atoms with Gasteiger partial charge in [-0.05, 0) is 84.5 Å². The Morgan fingerprint density at radius 3 is 2.53 bits per heavy atom. The molecule has 4 heteroatoms. The van der Waals surface area contributed by atoms with Gasteiger partial charge in [-0.15, -0.1) is 0 Å². The molecule has 3 nitrogen and oxygen atoms in total. The summed E-state index contributed by atoms with van der Waals surface area (Å²) in [5.41, 5.74) is 5.48. The second kappa shape index (κ2) is 8.54. The number of anilines is 1. The number of benzene rings is 3. The molecule has 0 spiro atoms. The van der Waals surface area contributed by atoms with Gasteiger partial charge in [0.2, 0.25) is 0 Å². The molecule has 1 aliphatic heterocycles. The Hall–Kier alpha value is -3.40. The number of halogens is 1. The van der Waals surface area contributed by atoms with E-state index in [1.165, 1.54) is 30.2 Å². The number of ketones is 1.